The molecule has 0 unspecified atom stereocenters. The van der Waals surface area contributed by atoms with Crippen molar-refractivity contribution in [3.05, 3.63) is 0 Å². The maximum absolute atomic E-state index is 11.1. The molecule has 5 heteroatoms. The smallest absolute Gasteiger partial charge is 0.305 e. The van der Waals surface area contributed by atoms with Crippen LogP contribution in [0.3, 0.4) is 0 Å². The van der Waals surface area contributed by atoms with Crippen LogP contribution in [-0.4, -0.2) is 46.1 Å². The summed E-state index contributed by atoms with van der Waals surface area (Å²) in [6.07, 6.45) is 2.09. The summed E-state index contributed by atoms with van der Waals surface area (Å²) in [6, 6.07) is 0. The Hall–Kier alpha value is -0.650. The van der Waals surface area contributed by atoms with Crippen LogP contribution in [-0.2, 0) is 19.0 Å². The van der Waals surface area contributed by atoms with Crippen molar-refractivity contribution in [2.45, 2.75) is 19.3 Å². The lowest BCUT2D eigenvalue weighted by atomic mass is 10.2. The van der Waals surface area contributed by atoms with Gasteiger partial charge in [0.05, 0.1) is 19.8 Å². The van der Waals surface area contributed by atoms with E-state index in [2.05, 4.69) is 0 Å². The molecule has 5 nitrogen and oxygen atoms in total. The van der Waals surface area contributed by atoms with Crippen LogP contribution in [0, 0.1) is 0 Å². The van der Waals surface area contributed by atoms with Crippen LogP contribution in [0.25, 0.3) is 0 Å². The third kappa shape index (κ3) is 11.3. The van der Waals surface area contributed by atoms with Gasteiger partial charge in [0.15, 0.2) is 0 Å². The second-order valence-electron chi connectivity index (χ2n) is 3.07. The number of methoxy groups -OCH3 is 1. The maximum atomic E-state index is 11.1. The summed E-state index contributed by atoms with van der Waals surface area (Å²) >= 11 is 0. The molecule has 0 aromatic carbocycles. The van der Waals surface area contributed by atoms with Gasteiger partial charge in [-0.05, 0) is 19.4 Å². The van der Waals surface area contributed by atoms with E-state index >= 15 is 0 Å². The van der Waals surface area contributed by atoms with Crippen molar-refractivity contribution >= 4 is 5.97 Å². The molecule has 0 radical (unpaired) electrons. The highest BCUT2D eigenvalue weighted by Gasteiger charge is 2.01. The molecule has 90 valence electrons. The van der Waals surface area contributed by atoms with Gasteiger partial charge in [0.25, 0.3) is 0 Å². The fourth-order valence-electron chi connectivity index (χ4n) is 0.945. The minimum atomic E-state index is -0.182. The number of carbonyl (C=O) groups excluding carboxylic acids is 1. The van der Waals surface area contributed by atoms with Gasteiger partial charge in [-0.3, -0.25) is 4.79 Å². The van der Waals surface area contributed by atoms with Gasteiger partial charge >= 0.3 is 5.97 Å². The van der Waals surface area contributed by atoms with Gasteiger partial charge in [0, 0.05) is 13.5 Å². The predicted molar refractivity (Wildman–Crippen MR) is 56.6 cm³/mol. The molecule has 15 heavy (non-hydrogen) atoms. The Bertz CT molecular complexity index is 152. The van der Waals surface area contributed by atoms with Crippen molar-refractivity contribution in [1.29, 1.82) is 0 Å². The number of esters is 1. The lowest BCUT2D eigenvalue weighted by Crippen LogP contribution is -2.12. The molecule has 0 aliphatic heterocycles. The number of hydrogen-bond acceptors (Lipinski definition) is 5. The lowest BCUT2D eigenvalue weighted by molar-refractivity contribution is -0.145. The first-order valence-corrected chi connectivity index (χ1v) is 5.23. The number of unbranched alkanes of at least 4 members (excludes halogenated alkanes) is 1. The van der Waals surface area contributed by atoms with Crippen molar-refractivity contribution < 1.29 is 19.0 Å². The van der Waals surface area contributed by atoms with Crippen LogP contribution in [0.5, 0.6) is 0 Å². The second kappa shape index (κ2) is 11.4. The number of nitrogens with two attached hydrogens (primary N) is 1. The lowest BCUT2D eigenvalue weighted by Gasteiger charge is -2.05. The first-order chi connectivity index (χ1) is 7.31. The van der Waals surface area contributed by atoms with Gasteiger partial charge in [-0.15, -0.1) is 0 Å². The van der Waals surface area contributed by atoms with E-state index in [9.17, 15) is 4.79 Å². The maximum Gasteiger partial charge on any atom is 0.305 e. The topological polar surface area (TPSA) is 70.8 Å². The van der Waals surface area contributed by atoms with Crippen molar-refractivity contribution in [2.75, 3.05) is 40.1 Å². The van der Waals surface area contributed by atoms with E-state index < -0.39 is 0 Å². The number of hydrogen-bond donors (Lipinski definition) is 1. The second-order valence-corrected chi connectivity index (χ2v) is 3.07. The molecule has 0 aromatic heterocycles. The molecule has 0 rings (SSSR count). The molecule has 0 amide bonds. The summed E-state index contributed by atoms with van der Waals surface area (Å²) in [7, 11) is 1.61. The van der Waals surface area contributed by atoms with Gasteiger partial charge in [-0.1, -0.05) is 0 Å². The number of carbonyl (C=O) groups is 1. The van der Waals surface area contributed by atoms with E-state index in [0.29, 0.717) is 39.4 Å². The van der Waals surface area contributed by atoms with E-state index in [0.717, 1.165) is 12.8 Å². The van der Waals surface area contributed by atoms with E-state index in [4.69, 9.17) is 19.9 Å². The zero-order valence-corrected chi connectivity index (χ0v) is 9.37. The minimum absolute atomic E-state index is 0.182. The third-order valence-electron chi connectivity index (χ3n) is 1.76. The SMILES string of the molecule is COCCOCCOC(=O)CCCCN. The quantitative estimate of drug-likeness (QED) is 0.423. The highest BCUT2D eigenvalue weighted by Crippen LogP contribution is 1.96. The Morgan fingerprint density at radius 3 is 2.53 bits per heavy atom. The highest BCUT2D eigenvalue weighted by atomic mass is 16.6. The highest BCUT2D eigenvalue weighted by molar-refractivity contribution is 5.69. The summed E-state index contributed by atoms with van der Waals surface area (Å²) in [5.41, 5.74) is 5.30. The Morgan fingerprint density at radius 2 is 1.87 bits per heavy atom. The molecular formula is C10H21NO4. The Balaban J connectivity index is 3.10. The Kier molecular flexibility index (Phi) is 10.9. The largest absolute Gasteiger partial charge is 0.463 e. The van der Waals surface area contributed by atoms with Crippen molar-refractivity contribution in [2.24, 2.45) is 5.73 Å². The van der Waals surface area contributed by atoms with Crippen LogP contribution in [0.4, 0.5) is 0 Å². The molecule has 0 saturated heterocycles. The monoisotopic (exact) mass is 219 g/mol. The Labute approximate surface area is 90.9 Å². The number of rotatable bonds is 10. The van der Waals surface area contributed by atoms with E-state index in [1.807, 2.05) is 0 Å². The van der Waals surface area contributed by atoms with Gasteiger partial charge in [0.1, 0.15) is 6.61 Å². The molecule has 0 aliphatic carbocycles. The Morgan fingerprint density at radius 1 is 1.13 bits per heavy atom. The molecule has 0 spiro atoms. The average Bonchev–Trinajstić information content (AvgIpc) is 2.23. The minimum Gasteiger partial charge on any atom is -0.463 e. The molecule has 0 saturated carbocycles. The zero-order valence-electron chi connectivity index (χ0n) is 9.37. The first-order valence-electron chi connectivity index (χ1n) is 5.23. The van der Waals surface area contributed by atoms with Gasteiger partial charge in [-0.25, -0.2) is 0 Å². The molecule has 0 heterocycles. The van der Waals surface area contributed by atoms with E-state index in [-0.39, 0.29) is 5.97 Å². The molecule has 0 aromatic rings. The van der Waals surface area contributed by atoms with Crippen LogP contribution >= 0.6 is 0 Å². The summed E-state index contributed by atoms with van der Waals surface area (Å²) in [6.45, 7) is 2.44. The van der Waals surface area contributed by atoms with Crippen LogP contribution in [0.2, 0.25) is 0 Å². The van der Waals surface area contributed by atoms with Gasteiger partial charge in [-0.2, -0.15) is 0 Å². The summed E-state index contributed by atoms with van der Waals surface area (Å²) in [5.74, 6) is -0.182. The molecular weight excluding hydrogens is 198 g/mol. The molecule has 0 atom stereocenters. The summed E-state index contributed by atoms with van der Waals surface area (Å²) in [4.78, 5) is 11.1. The normalized spacial score (nSPS) is 10.3. The van der Waals surface area contributed by atoms with Crippen molar-refractivity contribution in [3.8, 4) is 0 Å². The summed E-state index contributed by atoms with van der Waals surface area (Å²) < 4.78 is 14.8. The van der Waals surface area contributed by atoms with E-state index in [1.165, 1.54) is 0 Å². The van der Waals surface area contributed by atoms with Gasteiger partial charge < -0.3 is 19.9 Å². The standard InChI is InChI=1S/C10H21NO4/c1-13-6-7-14-8-9-15-10(12)4-2-3-5-11/h2-9,11H2,1H3. The molecule has 0 bridgehead atoms. The predicted octanol–water partition coefficient (Wildman–Crippen LogP) is 0.322. The third-order valence-corrected chi connectivity index (χ3v) is 1.76. The van der Waals surface area contributed by atoms with Gasteiger partial charge in [0.2, 0.25) is 0 Å². The fraction of sp³-hybridized carbons (Fsp3) is 0.900. The van der Waals surface area contributed by atoms with Crippen LogP contribution in [0.1, 0.15) is 19.3 Å². The van der Waals surface area contributed by atoms with Crippen molar-refractivity contribution in [3.63, 3.8) is 0 Å². The van der Waals surface area contributed by atoms with Crippen LogP contribution < -0.4 is 5.73 Å². The molecule has 0 aliphatic rings. The van der Waals surface area contributed by atoms with Crippen molar-refractivity contribution in [1.82, 2.24) is 0 Å². The average molecular weight is 219 g/mol. The molecule has 2 N–H and O–H groups in total. The number of ether oxygens (including phenoxy) is 3. The van der Waals surface area contributed by atoms with E-state index in [1.54, 1.807) is 7.11 Å². The fourth-order valence-corrected chi connectivity index (χ4v) is 0.945. The summed E-state index contributed by atoms with van der Waals surface area (Å²) in [5, 5.41) is 0. The molecule has 0 fully saturated rings. The first kappa shape index (κ1) is 14.3. The van der Waals surface area contributed by atoms with Crippen LogP contribution in [0.15, 0.2) is 0 Å². The zero-order chi connectivity index (χ0) is 11.4.